The van der Waals surface area contributed by atoms with Crippen LogP contribution in [0.2, 0.25) is 0 Å². The summed E-state index contributed by atoms with van der Waals surface area (Å²) >= 11 is 0. The van der Waals surface area contributed by atoms with Gasteiger partial charge < -0.3 is 9.57 Å². The lowest BCUT2D eigenvalue weighted by atomic mass is 10.1. The van der Waals surface area contributed by atoms with Crippen LogP contribution in [0.15, 0.2) is 0 Å². The van der Waals surface area contributed by atoms with Gasteiger partial charge in [0.1, 0.15) is 17.8 Å². The van der Waals surface area contributed by atoms with Crippen LogP contribution >= 0.6 is 0 Å². The fourth-order valence-corrected chi connectivity index (χ4v) is 2.37. The molecule has 0 N–H and O–H groups in total. The molecule has 3 amide bonds. The van der Waals surface area contributed by atoms with Crippen molar-refractivity contribution in [2.24, 2.45) is 0 Å². The van der Waals surface area contributed by atoms with Gasteiger partial charge in [-0.25, -0.2) is 14.0 Å². The number of likely N-dealkylation sites (tertiary alicyclic amines) is 1. The average molecular weight is 330 g/mol. The minimum absolute atomic E-state index is 0.0483. The van der Waals surface area contributed by atoms with E-state index in [2.05, 4.69) is 0 Å². The molecule has 2 rings (SSSR count). The zero-order valence-corrected chi connectivity index (χ0v) is 13.2. The summed E-state index contributed by atoms with van der Waals surface area (Å²) in [5.41, 5.74) is -0.790. The number of hydrogen-bond acceptors (Lipinski definition) is 6. The van der Waals surface area contributed by atoms with Gasteiger partial charge in [-0.2, -0.15) is 0 Å². The molecule has 23 heavy (non-hydrogen) atoms. The molecule has 0 unspecified atom stereocenters. The minimum atomic E-state index is -1.41. The Morgan fingerprint density at radius 1 is 1.17 bits per heavy atom. The number of amides is 3. The van der Waals surface area contributed by atoms with E-state index in [1.54, 1.807) is 20.8 Å². The highest BCUT2D eigenvalue weighted by Crippen LogP contribution is 2.25. The van der Waals surface area contributed by atoms with Gasteiger partial charge in [0, 0.05) is 19.3 Å². The molecule has 8 nitrogen and oxygen atoms in total. The summed E-state index contributed by atoms with van der Waals surface area (Å²) in [6.07, 6.45) is -2.85. The van der Waals surface area contributed by atoms with Gasteiger partial charge in [-0.3, -0.25) is 14.5 Å². The summed E-state index contributed by atoms with van der Waals surface area (Å²) in [7, 11) is 0. The number of nitrogens with zero attached hydrogens (tertiary/aromatic N) is 2. The molecule has 2 aliphatic heterocycles. The van der Waals surface area contributed by atoms with Crippen LogP contribution in [-0.4, -0.2) is 58.2 Å². The summed E-state index contributed by atoms with van der Waals surface area (Å²) in [4.78, 5) is 52.7. The van der Waals surface area contributed by atoms with Crippen molar-refractivity contribution in [3.8, 4) is 0 Å². The van der Waals surface area contributed by atoms with E-state index in [1.807, 2.05) is 0 Å². The second kappa shape index (κ2) is 6.13. The van der Waals surface area contributed by atoms with Crippen LogP contribution in [0.5, 0.6) is 0 Å². The number of ether oxygens (including phenoxy) is 1. The lowest BCUT2D eigenvalue weighted by molar-refractivity contribution is -0.175. The van der Waals surface area contributed by atoms with E-state index >= 15 is 0 Å². The van der Waals surface area contributed by atoms with Gasteiger partial charge in [-0.15, -0.1) is 5.06 Å². The van der Waals surface area contributed by atoms with Crippen LogP contribution in [0.4, 0.5) is 9.18 Å². The summed E-state index contributed by atoms with van der Waals surface area (Å²) in [6.45, 7) is 4.59. The number of alkyl halides is 1. The number of esters is 1. The van der Waals surface area contributed by atoms with Crippen molar-refractivity contribution < 1.29 is 33.1 Å². The van der Waals surface area contributed by atoms with Crippen LogP contribution in [0.1, 0.15) is 40.0 Å². The first kappa shape index (κ1) is 17.2. The fraction of sp³-hybridized carbons (Fsp3) is 0.714. The third kappa shape index (κ3) is 3.96. The van der Waals surface area contributed by atoms with Gasteiger partial charge in [0.05, 0.1) is 6.54 Å². The quantitative estimate of drug-likeness (QED) is 0.552. The number of carbonyl (C=O) groups is 4. The highest BCUT2D eigenvalue weighted by atomic mass is 19.1. The Morgan fingerprint density at radius 3 is 2.26 bits per heavy atom. The molecule has 0 spiro atoms. The number of imide groups is 1. The molecule has 0 saturated carbocycles. The fourth-order valence-electron chi connectivity index (χ4n) is 2.37. The van der Waals surface area contributed by atoms with Crippen molar-refractivity contribution >= 4 is 23.9 Å². The Balaban J connectivity index is 2.06. The summed E-state index contributed by atoms with van der Waals surface area (Å²) in [5, 5.41) is 0.361. The van der Waals surface area contributed by atoms with Crippen molar-refractivity contribution in [1.82, 2.24) is 9.96 Å². The Morgan fingerprint density at radius 2 is 1.74 bits per heavy atom. The third-order valence-corrected chi connectivity index (χ3v) is 3.34. The first-order valence-corrected chi connectivity index (χ1v) is 7.30. The van der Waals surface area contributed by atoms with E-state index < -0.39 is 41.7 Å². The van der Waals surface area contributed by atoms with Crippen LogP contribution in [0.25, 0.3) is 0 Å². The van der Waals surface area contributed by atoms with Gasteiger partial charge in [-0.1, -0.05) is 0 Å². The van der Waals surface area contributed by atoms with Crippen molar-refractivity contribution in [2.45, 2.75) is 57.8 Å². The van der Waals surface area contributed by atoms with Crippen molar-refractivity contribution in [1.29, 1.82) is 0 Å². The second-order valence-electron chi connectivity index (χ2n) is 6.47. The van der Waals surface area contributed by atoms with E-state index in [0.29, 0.717) is 5.06 Å². The molecule has 0 aromatic rings. The first-order chi connectivity index (χ1) is 10.6. The van der Waals surface area contributed by atoms with Crippen LogP contribution < -0.4 is 0 Å². The molecule has 128 valence electrons. The molecule has 2 fully saturated rings. The lowest BCUT2D eigenvalue weighted by Gasteiger charge is -2.27. The Kier molecular flexibility index (Phi) is 4.58. The smallest absolute Gasteiger partial charge is 0.435 e. The molecule has 0 aromatic carbocycles. The zero-order valence-electron chi connectivity index (χ0n) is 13.2. The van der Waals surface area contributed by atoms with E-state index in [4.69, 9.17) is 9.57 Å². The second-order valence-corrected chi connectivity index (χ2v) is 6.47. The Labute approximate surface area is 132 Å². The molecule has 2 heterocycles. The topological polar surface area (TPSA) is 93.2 Å². The number of rotatable bonds is 2. The predicted molar refractivity (Wildman–Crippen MR) is 73.4 cm³/mol. The van der Waals surface area contributed by atoms with Gasteiger partial charge >= 0.3 is 12.1 Å². The number of hydroxylamine groups is 2. The van der Waals surface area contributed by atoms with E-state index in [1.165, 1.54) is 0 Å². The molecular weight excluding hydrogens is 311 g/mol. The zero-order chi connectivity index (χ0) is 17.4. The van der Waals surface area contributed by atoms with Crippen LogP contribution in [0, 0.1) is 0 Å². The summed E-state index contributed by atoms with van der Waals surface area (Å²) in [6, 6.07) is -1.15. The van der Waals surface area contributed by atoms with E-state index in [0.717, 1.165) is 4.90 Å². The molecule has 0 aliphatic carbocycles. The van der Waals surface area contributed by atoms with Crippen LogP contribution in [-0.2, 0) is 24.0 Å². The molecule has 0 radical (unpaired) electrons. The van der Waals surface area contributed by atoms with Crippen molar-refractivity contribution in [3.05, 3.63) is 0 Å². The standard InChI is InChI=1S/C14H19FN2O6/c1-14(2,3)22-12(20)9-6-8(15)7-16(9)13(21)23-17-10(18)4-5-11(17)19/h8-9H,4-7H2,1-3H3/t8-,9-/m0/s1. The summed E-state index contributed by atoms with van der Waals surface area (Å²) < 4.78 is 18.8. The predicted octanol–water partition coefficient (Wildman–Crippen LogP) is 0.941. The van der Waals surface area contributed by atoms with Gasteiger partial charge in [-0.05, 0) is 20.8 Å². The monoisotopic (exact) mass is 330 g/mol. The molecule has 0 bridgehead atoms. The Hall–Kier alpha value is -2.19. The van der Waals surface area contributed by atoms with Crippen LogP contribution in [0.3, 0.4) is 0 Å². The van der Waals surface area contributed by atoms with E-state index in [9.17, 15) is 23.6 Å². The maximum absolute atomic E-state index is 13.6. The minimum Gasteiger partial charge on any atom is -0.458 e. The third-order valence-electron chi connectivity index (χ3n) is 3.34. The number of carbonyl (C=O) groups excluding carboxylic acids is 4. The van der Waals surface area contributed by atoms with E-state index in [-0.39, 0.29) is 25.8 Å². The highest BCUT2D eigenvalue weighted by Gasteiger charge is 2.44. The largest absolute Gasteiger partial charge is 0.458 e. The summed E-state index contributed by atoms with van der Waals surface area (Å²) in [5.74, 6) is -2.05. The average Bonchev–Trinajstić information content (AvgIpc) is 2.94. The maximum Gasteiger partial charge on any atom is 0.435 e. The van der Waals surface area contributed by atoms with Gasteiger partial charge in [0.2, 0.25) is 0 Å². The van der Waals surface area contributed by atoms with Gasteiger partial charge in [0.25, 0.3) is 11.8 Å². The molecule has 0 aromatic heterocycles. The maximum atomic E-state index is 13.6. The van der Waals surface area contributed by atoms with Crippen molar-refractivity contribution in [3.63, 3.8) is 0 Å². The molecule has 2 aliphatic rings. The number of hydrogen-bond donors (Lipinski definition) is 0. The molecule has 2 atom stereocenters. The van der Waals surface area contributed by atoms with Crippen molar-refractivity contribution in [2.75, 3.05) is 6.54 Å². The number of halogens is 1. The SMILES string of the molecule is CC(C)(C)OC(=O)[C@@H]1C[C@H](F)CN1C(=O)ON1C(=O)CCC1=O. The highest BCUT2D eigenvalue weighted by molar-refractivity contribution is 6.01. The molecule has 2 saturated heterocycles. The molecule has 9 heteroatoms. The molecular formula is C14H19FN2O6. The Bertz CT molecular complexity index is 528. The van der Waals surface area contributed by atoms with Gasteiger partial charge in [0.15, 0.2) is 0 Å². The normalized spacial score (nSPS) is 25.0. The first-order valence-electron chi connectivity index (χ1n) is 7.30. The lowest BCUT2D eigenvalue weighted by Crippen LogP contribution is -2.46.